The molecule has 0 aliphatic rings. The van der Waals surface area contributed by atoms with Crippen molar-refractivity contribution in [2.24, 2.45) is 0 Å². The van der Waals surface area contributed by atoms with Gasteiger partial charge in [0.1, 0.15) is 0 Å². The van der Waals surface area contributed by atoms with Crippen molar-refractivity contribution in [3.63, 3.8) is 0 Å². The van der Waals surface area contributed by atoms with Crippen LogP contribution >= 0.6 is 0 Å². The van der Waals surface area contributed by atoms with Gasteiger partial charge in [0, 0.05) is 76.6 Å². The highest BCUT2D eigenvalue weighted by atomic mass is 35.5. The Kier molecular flexibility index (Phi) is 18.5. The number of pyridine rings is 2. The molecule has 12 heteroatoms. The number of carbonyl (C=O) groups excluding carboxylic acids is 4. The van der Waals surface area contributed by atoms with Crippen molar-refractivity contribution in [1.29, 1.82) is 0 Å². The first-order valence-corrected chi connectivity index (χ1v) is 15.3. The number of aromatic nitrogens is 2. The first-order chi connectivity index (χ1) is 20.2. The van der Waals surface area contributed by atoms with Gasteiger partial charge < -0.3 is 44.4 Å². The van der Waals surface area contributed by atoms with Gasteiger partial charge in [-0.25, -0.2) is 0 Å². The number of hydrogen-bond acceptors (Lipinski definition) is 4. The maximum absolute atomic E-state index is 13.4. The fourth-order valence-corrected chi connectivity index (χ4v) is 5.16. The molecule has 246 valence electrons. The molecule has 10 nitrogen and oxygen atoms in total. The van der Waals surface area contributed by atoms with Crippen molar-refractivity contribution < 1.29 is 53.1 Å². The summed E-state index contributed by atoms with van der Waals surface area (Å²) in [4.78, 5) is 60.4. The highest BCUT2D eigenvalue weighted by Gasteiger charge is 2.41. The Morgan fingerprint density at radius 1 is 0.455 bits per heavy atom. The number of nitrogens with zero attached hydrogens (tertiary/aromatic N) is 6. The molecule has 0 atom stereocenters. The highest BCUT2D eigenvalue weighted by molar-refractivity contribution is 6.01. The number of carbonyl (C=O) groups is 4. The van der Waals surface area contributed by atoms with Crippen LogP contribution in [0.2, 0.25) is 0 Å². The summed E-state index contributed by atoms with van der Waals surface area (Å²) in [5.41, 5.74) is 1.76. The quantitative estimate of drug-likeness (QED) is 0.148. The van der Waals surface area contributed by atoms with Crippen LogP contribution < -0.4 is 33.9 Å². The van der Waals surface area contributed by atoms with Crippen LogP contribution in [-0.2, 0) is 19.2 Å². The highest BCUT2D eigenvalue weighted by Crippen LogP contribution is 2.18. The summed E-state index contributed by atoms with van der Waals surface area (Å²) >= 11 is 0. The average Bonchev–Trinajstić information content (AvgIpc) is 3.00. The van der Waals surface area contributed by atoms with E-state index in [1.807, 2.05) is 79.7 Å². The van der Waals surface area contributed by atoms with Gasteiger partial charge in [-0.1, -0.05) is 0 Å². The molecule has 4 amide bonds. The number of rotatable bonds is 15. The molecule has 2 aromatic rings. The molecule has 0 aliphatic carbocycles. The second kappa shape index (κ2) is 19.9. The molecule has 2 heterocycles. The summed E-state index contributed by atoms with van der Waals surface area (Å²) in [7, 11) is 0. The Labute approximate surface area is 275 Å². The lowest BCUT2D eigenvalue weighted by Crippen LogP contribution is -3.00. The molecular formula is C32H50Cl2N6O4. The summed E-state index contributed by atoms with van der Waals surface area (Å²) in [6.07, 6.45) is 7.06. The molecule has 0 unspecified atom stereocenters. The first kappa shape index (κ1) is 40.8. The molecule has 0 spiro atoms. The van der Waals surface area contributed by atoms with Crippen molar-refractivity contribution in [3.05, 3.63) is 49.1 Å². The largest absolute Gasteiger partial charge is 1.00 e. The van der Waals surface area contributed by atoms with Crippen LogP contribution in [0, 0.1) is 0 Å². The normalized spacial score (nSPS) is 10.5. The lowest BCUT2D eigenvalue weighted by molar-refractivity contribution is -0.698. The second-order valence-corrected chi connectivity index (χ2v) is 9.92. The Morgan fingerprint density at radius 3 is 0.795 bits per heavy atom. The molecule has 0 bridgehead atoms. The third-order valence-corrected chi connectivity index (χ3v) is 7.87. The van der Waals surface area contributed by atoms with Crippen molar-refractivity contribution in [2.75, 3.05) is 52.4 Å². The van der Waals surface area contributed by atoms with Gasteiger partial charge in [0.2, 0.25) is 0 Å². The number of hydrogen-bond donors (Lipinski definition) is 0. The van der Waals surface area contributed by atoms with Gasteiger partial charge >= 0.3 is 35.7 Å². The maximum Gasteiger partial charge on any atom is 0.313 e. The predicted molar refractivity (Wildman–Crippen MR) is 162 cm³/mol. The van der Waals surface area contributed by atoms with E-state index in [0.29, 0.717) is 52.4 Å². The van der Waals surface area contributed by atoms with Crippen molar-refractivity contribution in [3.8, 4) is 11.1 Å². The first-order valence-electron chi connectivity index (χ1n) is 15.3. The maximum atomic E-state index is 13.4. The third-order valence-electron chi connectivity index (χ3n) is 7.87. The smallest absolute Gasteiger partial charge is 0.313 e. The van der Waals surface area contributed by atoms with Gasteiger partial charge in [0.15, 0.2) is 24.8 Å². The molecule has 0 saturated heterocycles. The van der Waals surface area contributed by atoms with Gasteiger partial charge in [0.05, 0.1) is 0 Å². The lowest BCUT2D eigenvalue weighted by atomic mass is 10.1. The standard InChI is InChI=1S/C32H50N6O4.2ClH/c1-9-33(10-2)29(39)27(30(40)34(11-3)12-4)37-21-17-25(18-22-37)26-19-23-38(24-20-26)28(31(41)35(13-5)14-6)32(42)36(15-7)16-8;;/h17-24,27-28H,9-16H2,1-8H3;2*1H/q+2;;/p-2. The topological polar surface area (TPSA) is 89.0 Å². The fraction of sp³-hybridized carbons (Fsp3) is 0.562. The van der Waals surface area contributed by atoms with E-state index in [-0.39, 0.29) is 48.4 Å². The lowest BCUT2D eigenvalue weighted by Gasteiger charge is -2.26. The van der Waals surface area contributed by atoms with E-state index in [4.69, 9.17) is 0 Å². The van der Waals surface area contributed by atoms with Crippen LogP contribution in [0.4, 0.5) is 0 Å². The van der Waals surface area contributed by atoms with E-state index >= 15 is 0 Å². The molecule has 0 fully saturated rings. The molecular weight excluding hydrogens is 603 g/mol. The Morgan fingerprint density at radius 2 is 0.636 bits per heavy atom. The van der Waals surface area contributed by atoms with Crippen molar-refractivity contribution >= 4 is 23.6 Å². The molecule has 44 heavy (non-hydrogen) atoms. The van der Waals surface area contributed by atoms with Crippen LogP contribution in [-0.4, -0.2) is 95.6 Å². The van der Waals surface area contributed by atoms with Crippen LogP contribution in [0.1, 0.15) is 67.5 Å². The van der Waals surface area contributed by atoms with Crippen LogP contribution in [0.5, 0.6) is 0 Å². The zero-order valence-electron chi connectivity index (χ0n) is 27.5. The van der Waals surface area contributed by atoms with Crippen molar-refractivity contribution in [2.45, 2.75) is 67.5 Å². The Balaban J connectivity index is 0.00000924. The number of halogens is 2. The molecule has 2 aromatic heterocycles. The van der Waals surface area contributed by atoms with Crippen LogP contribution in [0.15, 0.2) is 49.1 Å². The summed E-state index contributed by atoms with van der Waals surface area (Å²) in [5.74, 6) is -0.899. The van der Waals surface area contributed by atoms with E-state index in [0.717, 1.165) is 11.1 Å². The second-order valence-electron chi connectivity index (χ2n) is 9.92. The van der Waals surface area contributed by atoms with Gasteiger partial charge in [-0.2, -0.15) is 9.13 Å². The van der Waals surface area contributed by atoms with Gasteiger partial charge in [0.25, 0.3) is 0 Å². The predicted octanol–water partition coefficient (Wildman–Crippen LogP) is -3.51. The summed E-state index contributed by atoms with van der Waals surface area (Å²) in [5, 5.41) is 0. The number of likely N-dealkylation sites (N-methyl/N-ethyl adjacent to an activating group) is 4. The molecule has 0 saturated carbocycles. The SMILES string of the molecule is CCN(CC)C(=O)C(C(=O)N(CC)CC)[n+]1ccc(-c2cc[n+](C(C(=O)N(CC)CC)C(=O)N(CC)CC)cc2)cc1.[Cl-].[Cl-]. The summed E-state index contributed by atoms with van der Waals surface area (Å²) in [6.45, 7) is 19.4. The molecule has 0 radical (unpaired) electrons. The molecule has 0 N–H and O–H groups in total. The van der Waals surface area contributed by atoms with Crippen LogP contribution in [0.25, 0.3) is 11.1 Å². The zero-order chi connectivity index (χ0) is 31.4. The van der Waals surface area contributed by atoms with Gasteiger partial charge in [-0.3, -0.25) is 19.2 Å². The van der Waals surface area contributed by atoms with E-state index in [2.05, 4.69) is 0 Å². The van der Waals surface area contributed by atoms with E-state index in [9.17, 15) is 19.2 Å². The molecule has 0 aliphatic heterocycles. The average molecular weight is 654 g/mol. The Hall–Kier alpha value is -3.24. The van der Waals surface area contributed by atoms with Gasteiger partial charge in [-0.15, -0.1) is 0 Å². The fourth-order valence-electron chi connectivity index (χ4n) is 5.16. The zero-order valence-corrected chi connectivity index (χ0v) is 29.0. The van der Waals surface area contributed by atoms with Crippen LogP contribution in [0.3, 0.4) is 0 Å². The summed E-state index contributed by atoms with van der Waals surface area (Å²) < 4.78 is 3.35. The van der Waals surface area contributed by atoms with E-state index in [1.165, 1.54) is 0 Å². The molecule has 2 rings (SSSR count). The van der Waals surface area contributed by atoms with Crippen molar-refractivity contribution in [1.82, 2.24) is 19.6 Å². The minimum absolute atomic E-state index is 0. The Bertz CT molecular complexity index is 1040. The monoisotopic (exact) mass is 652 g/mol. The minimum Gasteiger partial charge on any atom is -1.00 e. The van der Waals surface area contributed by atoms with E-state index < -0.39 is 12.1 Å². The number of amides is 4. The summed E-state index contributed by atoms with van der Waals surface area (Å²) in [6, 6.07) is 5.54. The minimum atomic E-state index is -0.977. The molecule has 0 aromatic carbocycles. The van der Waals surface area contributed by atoms with E-state index in [1.54, 1.807) is 53.5 Å². The third kappa shape index (κ3) is 9.38. The van der Waals surface area contributed by atoms with Gasteiger partial charge in [-0.05, 0) is 66.5 Å².